The van der Waals surface area contributed by atoms with Gasteiger partial charge in [0.1, 0.15) is 17.6 Å². The Morgan fingerprint density at radius 1 is 0.780 bits per heavy atom. The monoisotopic (exact) mass is 704 g/mol. The molecular formula is C40H33ClN2O6S. The van der Waals surface area contributed by atoms with Crippen molar-refractivity contribution in [2.75, 3.05) is 4.72 Å². The van der Waals surface area contributed by atoms with Gasteiger partial charge >= 0.3 is 0 Å². The van der Waals surface area contributed by atoms with E-state index in [0.717, 1.165) is 27.5 Å². The molecule has 0 radical (unpaired) electrons. The Balaban J connectivity index is 1.22. The minimum Gasteiger partial charge on any atom is -0.457 e. The number of aliphatic hydroxyl groups is 1. The molecule has 252 valence electrons. The Bertz CT molecular complexity index is 2280. The second kappa shape index (κ2) is 15.0. The molecule has 3 N–H and O–H groups in total. The van der Waals surface area contributed by atoms with E-state index in [0.29, 0.717) is 11.5 Å². The fourth-order valence-electron chi connectivity index (χ4n) is 5.55. The van der Waals surface area contributed by atoms with Gasteiger partial charge in [0.05, 0.1) is 22.2 Å². The number of Topliss-reactive ketones (excluding diaryl/α,β-unsaturated/α-hetero) is 1. The third-order valence-corrected chi connectivity index (χ3v) is 9.72. The number of nitrogens with one attached hydrogen (secondary N) is 2. The largest absolute Gasteiger partial charge is 0.457 e. The molecule has 0 heterocycles. The van der Waals surface area contributed by atoms with Gasteiger partial charge < -0.3 is 15.2 Å². The van der Waals surface area contributed by atoms with Crippen molar-refractivity contribution in [3.63, 3.8) is 0 Å². The summed E-state index contributed by atoms with van der Waals surface area (Å²) in [5.41, 5.74) is 2.36. The number of ketones is 1. The van der Waals surface area contributed by atoms with Gasteiger partial charge in [-0.15, -0.1) is 0 Å². The lowest BCUT2D eigenvalue weighted by molar-refractivity contribution is -0.128. The van der Waals surface area contributed by atoms with E-state index in [1.165, 1.54) is 31.2 Å². The summed E-state index contributed by atoms with van der Waals surface area (Å²) in [7, 11) is -4.12. The quantitative estimate of drug-likeness (QED) is 0.119. The lowest BCUT2D eigenvalue weighted by atomic mass is 9.96. The maximum Gasteiger partial charge on any atom is 0.261 e. The van der Waals surface area contributed by atoms with Crippen LogP contribution in [0.2, 0.25) is 5.02 Å². The number of halogens is 1. The minimum atomic E-state index is -4.12. The number of benzene rings is 6. The summed E-state index contributed by atoms with van der Waals surface area (Å²) in [5.74, 6) is 0.0289. The Morgan fingerprint density at radius 2 is 1.46 bits per heavy atom. The van der Waals surface area contributed by atoms with Gasteiger partial charge in [0.25, 0.3) is 15.9 Å². The van der Waals surface area contributed by atoms with Crippen molar-refractivity contribution in [2.45, 2.75) is 30.4 Å². The van der Waals surface area contributed by atoms with Crippen LogP contribution in [0.25, 0.3) is 21.9 Å². The SMILES string of the molecule is CC(O)C(=O)[C@H](Cc1ccc(-c2ccccc2Oc2ccccc2)cc1)NC(=O)c1cc(Cl)ccc1NS(=O)(=O)c1ccc2ccccc2c1. The second-order valence-electron chi connectivity index (χ2n) is 11.7. The minimum absolute atomic E-state index is 0.0115. The highest BCUT2D eigenvalue weighted by molar-refractivity contribution is 7.92. The molecule has 50 heavy (non-hydrogen) atoms. The summed E-state index contributed by atoms with van der Waals surface area (Å²) < 4.78 is 35.5. The first-order valence-corrected chi connectivity index (χ1v) is 17.7. The van der Waals surface area contributed by atoms with E-state index in [2.05, 4.69) is 10.0 Å². The highest BCUT2D eigenvalue weighted by Gasteiger charge is 2.27. The number of aliphatic hydroxyl groups excluding tert-OH is 1. The first kappa shape index (κ1) is 34.4. The fraction of sp³-hybridized carbons (Fsp3) is 0.100. The highest BCUT2D eigenvalue weighted by Crippen LogP contribution is 2.33. The van der Waals surface area contributed by atoms with Gasteiger partial charge in [0.2, 0.25) is 0 Å². The first-order valence-electron chi connectivity index (χ1n) is 15.8. The first-order chi connectivity index (χ1) is 24.1. The second-order valence-corrected chi connectivity index (χ2v) is 13.8. The molecule has 10 heteroatoms. The van der Waals surface area contributed by atoms with E-state index in [9.17, 15) is 23.1 Å². The molecule has 0 spiro atoms. The summed E-state index contributed by atoms with van der Waals surface area (Å²) in [6.07, 6.45) is -1.30. The standard InChI is InChI=1S/C40H33ClN2O6S/c1-26(44)39(45)37(23-27-15-17-29(18-16-27)34-13-7-8-14-38(34)49-32-11-3-2-4-12-32)42-40(46)35-25-31(41)20-22-36(35)43-50(47,48)33-21-19-28-9-5-6-10-30(28)24-33/h2-22,24-26,37,43-44H,23H2,1H3,(H,42,46)/t26?,37-/m0/s1. The van der Waals surface area contributed by atoms with Crippen molar-refractivity contribution >= 4 is 49.8 Å². The number of carbonyl (C=O) groups is 2. The summed E-state index contributed by atoms with van der Waals surface area (Å²) in [5, 5.41) is 14.7. The smallest absolute Gasteiger partial charge is 0.261 e. The zero-order valence-corrected chi connectivity index (χ0v) is 28.5. The Morgan fingerprint density at radius 3 is 2.20 bits per heavy atom. The predicted octanol–water partition coefficient (Wildman–Crippen LogP) is 8.04. The number of fused-ring (bicyclic) bond motifs is 1. The van der Waals surface area contributed by atoms with E-state index in [1.54, 1.807) is 12.1 Å². The van der Waals surface area contributed by atoms with Crippen LogP contribution < -0.4 is 14.8 Å². The van der Waals surface area contributed by atoms with Gasteiger partial charge in [-0.2, -0.15) is 0 Å². The molecule has 6 aromatic rings. The number of para-hydroxylation sites is 2. The summed E-state index contributed by atoms with van der Waals surface area (Å²) >= 11 is 6.24. The molecule has 0 aliphatic carbocycles. The molecule has 2 atom stereocenters. The molecule has 8 nitrogen and oxygen atoms in total. The number of hydrogen-bond acceptors (Lipinski definition) is 6. The molecule has 0 bridgehead atoms. The lowest BCUT2D eigenvalue weighted by Crippen LogP contribution is -2.46. The van der Waals surface area contributed by atoms with Crippen molar-refractivity contribution in [1.29, 1.82) is 0 Å². The van der Waals surface area contributed by atoms with Crippen LogP contribution >= 0.6 is 11.6 Å². The van der Waals surface area contributed by atoms with Crippen molar-refractivity contribution in [1.82, 2.24) is 5.32 Å². The molecule has 6 aromatic carbocycles. The van der Waals surface area contributed by atoms with Crippen LogP contribution in [-0.2, 0) is 21.2 Å². The lowest BCUT2D eigenvalue weighted by Gasteiger charge is -2.21. The molecule has 0 saturated carbocycles. The van der Waals surface area contributed by atoms with Crippen molar-refractivity contribution < 1.29 is 27.9 Å². The van der Waals surface area contributed by atoms with Crippen molar-refractivity contribution in [3.8, 4) is 22.6 Å². The number of ether oxygens (including phenoxy) is 1. The van der Waals surface area contributed by atoms with Crippen molar-refractivity contribution in [2.24, 2.45) is 0 Å². The van der Waals surface area contributed by atoms with Gasteiger partial charge in [-0.25, -0.2) is 8.42 Å². The number of hydrogen-bond donors (Lipinski definition) is 3. The van der Waals surface area contributed by atoms with Crippen LogP contribution in [0.1, 0.15) is 22.8 Å². The van der Waals surface area contributed by atoms with Gasteiger partial charge in [0, 0.05) is 10.6 Å². The third-order valence-electron chi connectivity index (χ3n) is 8.13. The summed E-state index contributed by atoms with van der Waals surface area (Å²) in [4.78, 5) is 26.9. The zero-order chi connectivity index (χ0) is 35.3. The van der Waals surface area contributed by atoms with Crippen molar-refractivity contribution in [3.05, 3.63) is 156 Å². The molecule has 0 saturated heterocycles. The molecule has 0 aromatic heterocycles. The molecule has 1 amide bonds. The van der Waals surface area contributed by atoms with Crippen LogP contribution in [0.5, 0.6) is 11.5 Å². The number of sulfonamides is 1. The fourth-order valence-corrected chi connectivity index (χ4v) is 6.83. The molecule has 0 aliphatic heterocycles. The normalized spacial score (nSPS) is 12.5. The molecule has 0 fully saturated rings. The van der Waals surface area contributed by atoms with Crippen LogP contribution in [0, 0.1) is 0 Å². The molecule has 6 rings (SSSR count). The van der Waals surface area contributed by atoms with Gasteiger partial charge in [-0.3, -0.25) is 14.3 Å². The van der Waals surface area contributed by atoms with E-state index in [1.807, 2.05) is 103 Å². The maximum absolute atomic E-state index is 13.7. The average Bonchev–Trinajstić information content (AvgIpc) is 3.12. The van der Waals surface area contributed by atoms with Gasteiger partial charge in [-0.1, -0.05) is 103 Å². The topological polar surface area (TPSA) is 122 Å². The maximum atomic E-state index is 13.7. The number of carbonyl (C=O) groups excluding carboxylic acids is 2. The van der Waals surface area contributed by atoms with Gasteiger partial charge in [0.15, 0.2) is 5.78 Å². The van der Waals surface area contributed by atoms with Crippen LogP contribution in [0.4, 0.5) is 5.69 Å². The van der Waals surface area contributed by atoms with E-state index in [-0.39, 0.29) is 27.6 Å². The summed E-state index contributed by atoms with van der Waals surface area (Å²) in [6.45, 7) is 1.33. The zero-order valence-electron chi connectivity index (χ0n) is 26.9. The Labute approximate surface area is 295 Å². The average molecular weight is 705 g/mol. The number of amides is 1. The van der Waals surface area contributed by atoms with Gasteiger partial charge in [-0.05, 0) is 83.8 Å². The highest BCUT2D eigenvalue weighted by atomic mass is 35.5. The van der Waals surface area contributed by atoms with E-state index in [4.69, 9.17) is 16.3 Å². The Hall–Kier alpha value is -5.48. The number of rotatable bonds is 12. The van der Waals surface area contributed by atoms with E-state index < -0.39 is 33.9 Å². The molecule has 0 aliphatic rings. The summed E-state index contributed by atoms with van der Waals surface area (Å²) in [6, 6.07) is 39.7. The van der Waals surface area contributed by atoms with Crippen LogP contribution in [0.15, 0.2) is 144 Å². The third kappa shape index (κ3) is 8.03. The Kier molecular flexibility index (Phi) is 10.3. The van der Waals surface area contributed by atoms with Crippen LogP contribution in [0.3, 0.4) is 0 Å². The number of anilines is 1. The molecular weight excluding hydrogens is 672 g/mol. The predicted molar refractivity (Wildman–Crippen MR) is 196 cm³/mol. The van der Waals surface area contributed by atoms with Crippen LogP contribution in [-0.4, -0.2) is 37.4 Å². The van der Waals surface area contributed by atoms with E-state index >= 15 is 0 Å². The molecule has 1 unspecified atom stereocenters.